The van der Waals surface area contributed by atoms with Gasteiger partial charge < -0.3 is 5.73 Å². The summed E-state index contributed by atoms with van der Waals surface area (Å²) in [5.74, 6) is 0.572. The minimum Gasteiger partial charge on any atom is -0.324 e. The number of benzene rings is 1. The number of aryl methyl sites for hydroxylation is 1. The first-order chi connectivity index (χ1) is 7.10. The number of halogens is 1. The predicted molar refractivity (Wildman–Crippen MR) is 69.9 cm³/mol. The Kier molecular flexibility index (Phi) is 4.81. The SMILES string of the molecule is CCC(CC)C(N)c1cc(C)ccc1Br. The van der Waals surface area contributed by atoms with Crippen molar-refractivity contribution < 1.29 is 0 Å². The molecule has 1 aromatic carbocycles. The summed E-state index contributed by atoms with van der Waals surface area (Å²) in [5, 5.41) is 0. The van der Waals surface area contributed by atoms with Crippen molar-refractivity contribution in [3.8, 4) is 0 Å². The maximum atomic E-state index is 6.30. The fourth-order valence-electron chi connectivity index (χ4n) is 1.97. The largest absolute Gasteiger partial charge is 0.324 e. The van der Waals surface area contributed by atoms with Crippen LogP contribution in [0.25, 0.3) is 0 Å². The smallest absolute Gasteiger partial charge is 0.0334 e. The lowest BCUT2D eigenvalue weighted by atomic mass is 9.89. The minimum absolute atomic E-state index is 0.147. The van der Waals surface area contributed by atoms with E-state index in [9.17, 15) is 0 Å². The molecule has 0 aliphatic rings. The Bertz CT molecular complexity index is 318. The van der Waals surface area contributed by atoms with Crippen molar-refractivity contribution in [3.05, 3.63) is 33.8 Å². The molecule has 0 aromatic heterocycles. The molecule has 15 heavy (non-hydrogen) atoms. The molecule has 0 heterocycles. The van der Waals surface area contributed by atoms with Crippen molar-refractivity contribution in [1.29, 1.82) is 0 Å². The van der Waals surface area contributed by atoms with Gasteiger partial charge in [0.15, 0.2) is 0 Å². The van der Waals surface area contributed by atoms with Crippen LogP contribution in [0.3, 0.4) is 0 Å². The molecule has 1 rings (SSSR count). The molecular formula is C13H20BrN. The second kappa shape index (κ2) is 5.66. The molecule has 0 aliphatic carbocycles. The van der Waals surface area contributed by atoms with Gasteiger partial charge in [0.2, 0.25) is 0 Å². The number of hydrogen-bond acceptors (Lipinski definition) is 1. The molecule has 0 fully saturated rings. The topological polar surface area (TPSA) is 26.0 Å². The van der Waals surface area contributed by atoms with Crippen LogP contribution in [0.5, 0.6) is 0 Å². The van der Waals surface area contributed by atoms with E-state index in [-0.39, 0.29) is 6.04 Å². The van der Waals surface area contributed by atoms with Crippen molar-refractivity contribution >= 4 is 15.9 Å². The third kappa shape index (κ3) is 3.05. The second-order valence-electron chi connectivity index (χ2n) is 4.13. The van der Waals surface area contributed by atoms with E-state index >= 15 is 0 Å². The lowest BCUT2D eigenvalue weighted by molar-refractivity contribution is 0.404. The second-order valence-corrected chi connectivity index (χ2v) is 4.98. The summed E-state index contributed by atoms with van der Waals surface area (Å²) in [6, 6.07) is 6.53. The van der Waals surface area contributed by atoms with Crippen LogP contribution in [-0.4, -0.2) is 0 Å². The molecule has 2 N–H and O–H groups in total. The van der Waals surface area contributed by atoms with Crippen LogP contribution < -0.4 is 5.73 Å². The summed E-state index contributed by atoms with van der Waals surface area (Å²) in [6.45, 7) is 6.52. The fraction of sp³-hybridized carbons (Fsp3) is 0.538. The summed E-state index contributed by atoms with van der Waals surface area (Å²) in [7, 11) is 0. The number of nitrogens with two attached hydrogens (primary N) is 1. The molecule has 0 spiro atoms. The normalized spacial score (nSPS) is 13.2. The minimum atomic E-state index is 0.147. The van der Waals surface area contributed by atoms with Crippen molar-refractivity contribution in [2.45, 2.75) is 39.7 Å². The van der Waals surface area contributed by atoms with Crippen LogP contribution in [-0.2, 0) is 0 Å². The van der Waals surface area contributed by atoms with Crippen LogP contribution in [0, 0.1) is 12.8 Å². The fourth-order valence-corrected chi connectivity index (χ4v) is 2.48. The van der Waals surface area contributed by atoms with Gasteiger partial charge in [-0.25, -0.2) is 0 Å². The molecule has 0 radical (unpaired) electrons. The van der Waals surface area contributed by atoms with Crippen LogP contribution in [0.2, 0.25) is 0 Å². The third-order valence-corrected chi connectivity index (χ3v) is 3.79. The Morgan fingerprint density at radius 3 is 2.40 bits per heavy atom. The van der Waals surface area contributed by atoms with Crippen LogP contribution >= 0.6 is 15.9 Å². The molecule has 84 valence electrons. The Labute approximate surface area is 101 Å². The first kappa shape index (κ1) is 12.7. The van der Waals surface area contributed by atoms with Crippen molar-refractivity contribution in [2.75, 3.05) is 0 Å². The maximum absolute atomic E-state index is 6.30. The van der Waals surface area contributed by atoms with E-state index in [1.54, 1.807) is 0 Å². The van der Waals surface area contributed by atoms with Gasteiger partial charge in [0.05, 0.1) is 0 Å². The summed E-state index contributed by atoms with van der Waals surface area (Å²) in [5.41, 5.74) is 8.81. The highest BCUT2D eigenvalue weighted by Crippen LogP contribution is 2.30. The Morgan fingerprint density at radius 1 is 1.27 bits per heavy atom. The van der Waals surface area contributed by atoms with Crippen LogP contribution in [0.1, 0.15) is 43.9 Å². The molecule has 0 bridgehead atoms. The molecular weight excluding hydrogens is 250 g/mol. The average molecular weight is 270 g/mol. The number of rotatable bonds is 4. The third-order valence-electron chi connectivity index (χ3n) is 3.07. The van der Waals surface area contributed by atoms with Crippen LogP contribution in [0.15, 0.2) is 22.7 Å². The Hall–Kier alpha value is -0.340. The maximum Gasteiger partial charge on any atom is 0.0334 e. The van der Waals surface area contributed by atoms with Gasteiger partial charge in [0.1, 0.15) is 0 Å². The molecule has 1 atom stereocenters. The van der Waals surface area contributed by atoms with Gasteiger partial charge in [-0.15, -0.1) is 0 Å². The highest BCUT2D eigenvalue weighted by atomic mass is 79.9. The van der Waals surface area contributed by atoms with Gasteiger partial charge >= 0.3 is 0 Å². The highest BCUT2D eigenvalue weighted by molar-refractivity contribution is 9.10. The van der Waals surface area contributed by atoms with Gasteiger partial charge in [0.25, 0.3) is 0 Å². The molecule has 1 nitrogen and oxygen atoms in total. The summed E-state index contributed by atoms with van der Waals surface area (Å²) < 4.78 is 1.13. The molecule has 2 heteroatoms. The zero-order chi connectivity index (χ0) is 11.4. The van der Waals surface area contributed by atoms with Gasteiger partial charge in [-0.05, 0) is 24.5 Å². The summed E-state index contributed by atoms with van der Waals surface area (Å²) in [4.78, 5) is 0. The molecule has 0 aliphatic heterocycles. The first-order valence-corrected chi connectivity index (χ1v) is 6.41. The van der Waals surface area contributed by atoms with Crippen molar-refractivity contribution in [1.82, 2.24) is 0 Å². The Morgan fingerprint density at radius 2 is 1.87 bits per heavy atom. The highest BCUT2D eigenvalue weighted by Gasteiger charge is 2.18. The van der Waals surface area contributed by atoms with Gasteiger partial charge in [-0.1, -0.05) is 60.3 Å². The predicted octanol–water partition coefficient (Wildman–Crippen LogP) is 4.19. The lowest BCUT2D eigenvalue weighted by Crippen LogP contribution is -2.21. The first-order valence-electron chi connectivity index (χ1n) is 5.61. The van der Waals surface area contributed by atoms with E-state index in [1.165, 1.54) is 11.1 Å². The standard InChI is InChI=1S/C13H20BrN/c1-4-10(5-2)13(15)11-8-9(3)6-7-12(11)14/h6-8,10,13H,4-5,15H2,1-3H3. The number of hydrogen-bond donors (Lipinski definition) is 1. The van der Waals surface area contributed by atoms with E-state index in [1.807, 2.05) is 0 Å². The van der Waals surface area contributed by atoms with Crippen molar-refractivity contribution in [2.24, 2.45) is 11.7 Å². The zero-order valence-corrected chi connectivity index (χ0v) is 11.3. The van der Waals surface area contributed by atoms with Gasteiger partial charge in [-0.2, -0.15) is 0 Å². The van der Waals surface area contributed by atoms with Crippen molar-refractivity contribution in [3.63, 3.8) is 0 Å². The van der Waals surface area contributed by atoms with E-state index in [0.717, 1.165) is 17.3 Å². The lowest BCUT2D eigenvalue weighted by Gasteiger charge is -2.23. The van der Waals surface area contributed by atoms with E-state index in [0.29, 0.717) is 5.92 Å². The molecule has 1 unspecified atom stereocenters. The zero-order valence-electron chi connectivity index (χ0n) is 9.76. The van der Waals surface area contributed by atoms with E-state index in [2.05, 4.69) is 54.9 Å². The summed E-state index contributed by atoms with van der Waals surface area (Å²) in [6.07, 6.45) is 2.27. The Balaban J connectivity index is 2.98. The molecule has 0 saturated carbocycles. The summed E-state index contributed by atoms with van der Waals surface area (Å²) >= 11 is 3.58. The van der Waals surface area contributed by atoms with Gasteiger partial charge in [-0.3, -0.25) is 0 Å². The monoisotopic (exact) mass is 269 g/mol. The quantitative estimate of drug-likeness (QED) is 0.872. The van der Waals surface area contributed by atoms with E-state index in [4.69, 9.17) is 5.73 Å². The average Bonchev–Trinajstić information content (AvgIpc) is 2.23. The van der Waals surface area contributed by atoms with E-state index < -0.39 is 0 Å². The molecule has 1 aromatic rings. The van der Waals surface area contributed by atoms with Gasteiger partial charge in [0, 0.05) is 10.5 Å². The molecule has 0 saturated heterocycles. The molecule has 0 amide bonds. The van der Waals surface area contributed by atoms with Crippen LogP contribution in [0.4, 0.5) is 0 Å².